The molecule has 0 aliphatic heterocycles. The highest BCUT2D eigenvalue weighted by Crippen LogP contribution is 2.41. The summed E-state index contributed by atoms with van der Waals surface area (Å²) in [6.07, 6.45) is 4.37. The lowest BCUT2D eigenvalue weighted by atomic mass is 9.92. The number of hydrogen-bond donors (Lipinski definition) is 1. The predicted molar refractivity (Wildman–Crippen MR) is 128 cm³/mol. The van der Waals surface area contributed by atoms with E-state index in [1.54, 1.807) is 4.90 Å². The topological polar surface area (TPSA) is 46.3 Å². The molecule has 2 N–H and O–H groups in total. The van der Waals surface area contributed by atoms with Crippen molar-refractivity contribution >= 4 is 33.3 Å². The lowest BCUT2D eigenvalue weighted by Gasteiger charge is -2.25. The molecule has 0 fully saturated rings. The van der Waals surface area contributed by atoms with Gasteiger partial charge in [0.15, 0.2) is 0 Å². The zero-order valence-electron chi connectivity index (χ0n) is 17.5. The Morgan fingerprint density at radius 1 is 0.767 bits per heavy atom. The number of primary amides is 1. The number of urea groups is 1. The van der Waals surface area contributed by atoms with Gasteiger partial charge in [-0.3, -0.25) is 4.90 Å². The number of unbranched alkanes of at least 4 members (excludes halogenated alkanes) is 3. The molecule has 0 aliphatic carbocycles. The largest absolute Gasteiger partial charge is 0.351 e. The van der Waals surface area contributed by atoms with Gasteiger partial charge >= 0.3 is 6.03 Å². The Morgan fingerprint density at radius 2 is 1.43 bits per heavy atom. The molecule has 2 amide bonds. The smallest absolute Gasteiger partial charge is 0.319 e. The minimum atomic E-state index is -0.400. The van der Waals surface area contributed by atoms with Crippen LogP contribution >= 0.6 is 0 Å². The van der Waals surface area contributed by atoms with Crippen molar-refractivity contribution in [2.24, 2.45) is 5.73 Å². The number of nitrogens with zero attached hydrogens (tertiary/aromatic N) is 1. The van der Waals surface area contributed by atoms with Gasteiger partial charge in [-0.1, -0.05) is 99.0 Å². The van der Waals surface area contributed by atoms with E-state index in [9.17, 15) is 4.79 Å². The molecular weight excluding hydrogens is 368 g/mol. The molecular formula is C27H28N2O. The van der Waals surface area contributed by atoms with E-state index in [1.165, 1.54) is 17.2 Å². The second-order valence-electron chi connectivity index (χ2n) is 7.76. The Bertz CT molecular complexity index is 1180. The minimum absolute atomic E-state index is 0.400. The molecule has 4 rings (SSSR count). The fourth-order valence-corrected chi connectivity index (χ4v) is 4.26. The molecule has 0 aromatic heterocycles. The predicted octanol–water partition coefficient (Wildman–Crippen LogP) is 7.13. The fraction of sp³-hybridized carbons (Fsp3) is 0.222. The van der Waals surface area contributed by atoms with E-state index in [0.717, 1.165) is 46.8 Å². The summed E-state index contributed by atoms with van der Waals surface area (Å²) in [6.45, 7) is 2.82. The summed E-state index contributed by atoms with van der Waals surface area (Å²) in [5.74, 6) is 0. The molecule has 0 radical (unpaired) electrons. The summed E-state index contributed by atoms with van der Waals surface area (Å²) in [4.78, 5) is 14.2. The van der Waals surface area contributed by atoms with Gasteiger partial charge in [0.05, 0.1) is 5.69 Å². The number of anilines is 1. The van der Waals surface area contributed by atoms with Crippen LogP contribution in [0.3, 0.4) is 0 Å². The van der Waals surface area contributed by atoms with Gasteiger partial charge in [-0.25, -0.2) is 4.79 Å². The zero-order chi connectivity index (χ0) is 20.9. The molecule has 0 bridgehead atoms. The first kappa shape index (κ1) is 20.0. The maximum atomic E-state index is 12.5. The quantitative estimate of drug-likeness (QED) is 0.332. The van der Waals surface area contributed by atoms with Crippen molar-refractivity contribution < 1.29 is 4.79 Å². The number of hydrogen-bond acceptors (Lipinski definition) is 1. The van der Waals surface area contributed by atoms with Crippen LogP contribution in [0.2, 0.25) is 0 Å². The van der Waals surface area contributed by atoms with E-state index < -0.39 is 6.03 Å². The first-order valence-electron chi connectivity index (χ1n) is 10.8. The second kappa shape index (κ2) is 9.00. The highest BCUT2D eigenvalue weighted by atomic mass is 16.2. The van der Waals surface area contributed by atoms with E-state index in [0.29, 0.717) is 6.54 Å². The number of carbonyl (C=O) groups excluding carboxylic acids is 1. The molecule has 30 heavy (non-hydrogen) atoms. The van der Waals surface area contributed by atoms with Gasteiger partial charge in [-0.05, 0) is 39.6 Å². The number of benzene rings is 4. The Kier molecular flexibility index (Phi) is 5.99. The Labute approximate surface area is 178 Å². The van der Waals surface area contributed by atoms with Crippen LogP contribution < -0.4 is 10.6 Å². The van der Waals surface area contributed by atoms with Crippen LogP contribution in [-0.2, 0) is 0 Å². The van der Waals surface area contributed by atoms with Gasteiger partial charge in [-0.2, -0.15) is 0 Å². The van der Waals surface area contributed by atoms with E-state index in [-0.39, 0.29) is 0 Å². The van der Waals surface area contributed by atoms with Crippen LogP contribution in [0, 0.1) is 0 Å². The van der Waals surface area contributed by atoms with Crippen molar-refractivity contribution in [1.82, 2.24) is 0 Å². The van der Waals surface area contributed by atoms with Crippen LogP contribution in [-0.4, -0.2) is 12.6 Å². The second-order valence-corrected chi connectivity index (χ2v) is 7.76. The van der Waals surface area contributed by atoms with Crippen LogP contribution in [0.1, 0.15) is 32.6 Å². The lowest BCUT2D eigenvalue weighted by Crippen LogP contribution is -2.37. The summed E-state index contributed by atoms with van der Waals surface area (Å²) in [7, 11) is 0. The Balaban J connectivity index is 1.93. The van der Waals surface area contributed by atoms with Gasteiger partial charge in [0.25, 0.3) is 0 Å². The van der Waals surface area contributed by atoms with E-state index in [4.69, 9.17) is 5.73 Å². The molecule has 0 saturated carbocycles. The van der Waals surface area contributed by atoms with Crippen molar-refractivity contribution in [1.29, 1.82) is 0 Å². The molecule has 3 heteroatoms. The highest BCUT2D eigenvalue weighted by molar-refractivity contribution is 6.12. The monoisotopic (exact) mass is 396 g/mol. The first-order chi connectivity index (χ1) is 14.7. The van der Waals surface area contributed by atoms with Crippen LogP contribution in [0.4, 0.5) is 10.5 Å². The summed E-state index contributed by atoms with van der Waals surface area (Å²) in [5.41, 5.74) is 8.95. The van der Waals surface area contributed by atoms with E-state index >= 15 is 0 Å². The third-order valence-electron chi connectivity index (χ3n) is 5.76. The average molecular weight is 397 g/mol. The number of rotatable bonds is 7. The van der Waals surface area contributed by atoms with Gasteiger partial charge in [0.1, 0.15) is 0 Å². The Morgan fingerprint density at radius 3 is 2.17 bits per heavy atom. The SMILES string of the molecule is CCCCCCN(C(N)=O)c1ccc2ccccc2c1-c1cccc2ccccc12. The van der Waals surface area contributed by atoms with Crippen LogP contribution in [0.5, 0.6) is 0 Å². The van der Waals surface area contributed by atoms with E-state index in [2.05, 4.69) is 73.7 Å². The zero-order valence-corrected chi connectivity index (χ0v) is 17.5. The summed E-state index contributed by atoms with van der Waals surface area (Å²) in [5, 5.41) is 4.64. The highest BCUT2D eigenvalue weighted by Gasteiger charge is 2.20. The average Bonchev–Trinajstić information content (AvgIpc) is 2.78. The van der Waals surface area contributed by atoms with Gasteiger partial charge < -0.3 is 5.73 Å². The number of carbonyl (C=O) groups is 1. The van der Waals surface area contributed by atoms with E-state index in [1.807, 2.05) is 12.1 Å². The van der Waals surface area contributed by atoms with Crippen molar-refractivity contribution in [2.45, 2.75) is 32.6 Å². The molecule has 3 nitrogen and oxygen atoms in total. The number of nitrogens with two attached hydrogens (primary N) is 1. The van der Waals surface area contributed by atoms with Crippen LogP contribution in [0.15, 0.2) is 78.9 Å². The molecule has 4 aromatic carbocycles. The third-order valence-corrected chi connectivity index (χ3v) is 5.76. The number of amides is 2. The third kappa shape index (κ3) is 3.88. The van der Waals surface area contributed by atoms with Gasteiger partial charge in [0.2, 0.25) is 0 Å². The maximum absolute atomic E-state index is 12.5. The van der Waals surface area contributed by atoms with Crippen molar-refractivity contribution in [3.8, 4) is 11.1 Å². The van der Waals surface area contributed by atoms with Crippen molar-refractivity contribution in [3.63, 3.8) is 0 Å². The molecule has 0 saturated heterocycles. The standard InChI is InChI=1S/C27H28N2O/c1-2-3-4-9-19-29(27(28)30)25-18-17-21-12-6-8-15-23(21)26(25)24-16-10-13-20-11-5-7-14-22(20)24/h5-8,10-18H,2-4,9,19H2,1H3,(H2,28,30). The molecule has 0 spiro atoms. The van der Waals surface area contributed by atoms with Crippen LogP contribution in [0.25, 0.3) is 32.7 Å². The maximum Gasteiger partial charge on any atom is 0.319 e. The summed E-state index contributed by atoms with van der Waals surface area (Å²) in [6, 6.07) is 26.8. The molecule has 0 unspecified atom stereocenters. The van der Waals surface area contributed by atoms with Crippen molar-refractivity contribution in [2.75, 3.05) is 11.4 Å². The summed E-state index contributed by atoms with van der Waals surface area (Å²) < 4.78 is 0. The number of fused-ring (bicyclic) bond motifs is 2. The molecule has 0 heterocycles. The molecule has 4 aromatic rings. The minimum Gasteiger partial charge on any atom is -0.351 e. The molecule has 0 aliphatic rings. The molecule has 152 valence electrons. The first-order valence-corrected chi connectivity index (χ1v) is 10.8. The van der Waals surface area contributed by atoms with Gasteiger partial charge in [0, 0.05) is 12.1 Å². The summed E-state index contributed by atoms with van der Waals surface area (Å²) >= 11 is 0. The van der Waals surface area contributed by atoms with Crippen molar-refractivity contribution in [3.05, 3.63) is 78.9 Å². The normalized spacial score (nSPS) is 11.1. The lowest BCUT2D eigenvalue weighted by molar-refractivity contribution is 0.254. The Hall–Kier alpha value is -3.33. The molecule has 0 atom stereocenters. The van der Waals surface area contributed by atoms with Gasteiger partial charge in [-0.15, -0.1) is 0 Å². The fourth-order valence-electron chi connectivity index (χ4n) is 4.26.